The molecule has 4 heterocycles. The second-order valence-corrected chi connectivity index (χ2v) is 7.90. The summed E-state index contributed by atoms with van der Waals surface area (Å²) in [5.74, 6) is 1.32. The summed E-state index contributed by atoms with van der Waals surface area (Å²) in [5.41, 5.74) is 1.46. The Morgan fingerprint density at radius 3 is 3.11 bits per heavy atom. The van der Waals surface area contributed by atoms with Crippen molar-refractivity contribution in [2.45, 2.75) is 58.0 Å². The van der Waals surface area contributed by atoms with Crippen LogP contribution in [0.4, 0.5) is 0 Å². The van der Waals surface area contributed by atoms with Crippen LogP contribution in [0.15, 0.2) is 24.0 Å². The van der Waals surface area contributed by atoms with Crippen molar-refractivity contribution in [2.75, 3.05) is 33.0 Å². The molecule has 2 atom stereocenters. The second-order valence-electron chi connectivity index (χ2n) is 7.90. The van der Waals surface area contributed by atoms with Gasteiger partial charge >= 0.3 is 0 Å². The third kappa shape index (κ3) is 3.57. The lowest BCUT2D eigenvalue weighted by Crippen LogP contribution is -2.59. The van der Waals surface area contributed by atoms with Crippen LogP contribution in [0.25, 0.3) is 0 Å². The van der Waals surface area contributed by atoms with Gasteiger partial charge in [-0.25, -0.2) is 4.98 Å². The zero-order valence-corrected chi connectivity index (χ0v) is 16.4. The molecule has 0 bridgehead atoms. The highest BCUT2D eigenvalue weighted by molar-refractivity contribution is 5.77. The van der Waals surface area contributed by atoms with E-state index in [2.05, 4.69) is 27.5 Å². The van der Waals surface area contributed by atoms with Gasteiger partial charge in [-0.2, -0.15) is 0 Å². The van der Waals surface area contributed by atoms with Crippen molar-refractivity contribution >= 4 is 5.91 Å². The van der Waals surface area contributed by atoms with E-state index in [1.165, 1.54) is 5.57 Å². The van der Waals surface area contributed by atoms with Gasteiger partial charge in [0, 0.05) is 56.4 Å². The summed E-state index contributed by atoms with van der Waals surface area (Å²) < 4.78 is 13.6. The molecule has 1 aromatic rings. The van der Waals surface area contributed by atoms with Crippen molar-refractivity contribution < 1.29 is 14.3 Å². The quantitative estimate of drug-likeness (QED) is 0.745. The SMILES string of the molecule is CCc1nccn1CCC(=O)N1CCC[C@@]2(C3=CCOCC3)COCC[C@H]12. The van der Waals surface area contributed by atoms with Crippen LogP contribution in [0.5, 0.6) is 0 Å². The number of likely N-dealkylation sites (tertiary alicyclic amines) is 1. The largest absolute Gasteiger partial charge is 0.380 e. The van der Waals surface area contributed by atoms with Gasteiger partial charge in [0.2, 0.25) is 5.91 Å². The predicted molar refractivity (Wildman–Crippen MR) is 102 cm³/mol. The first kappa shape index (κ1) is 18.7. The monoisotopic (exact) mass is 373 g/mol. The van der Waals surface area contributed by atoms with Crippen LogP contribution in [-0.4, -0.2) is 59.4 Å². The van der Waals surface area contributed by atoms with Gasteiger partial charge in [0.25, 0.3) is 0 Å². The molecule has 3 aliphatic rings. The molecule has 6 nitrogen and oxygen atoms in total. The lowest BCUT2D eigenvalue weighted by atomic mass is 9.65. The van der Waals surface area contributed by atoms with Gasteiger partial charge in [-0.1, -0.05) is 18.6 Å². The number of hydrogen-bond acceptors (Lipinski definition) is 4. The first-order valence-electron chi connectivity index (χ1n) is 10.4. The third-order valence-electron chi connectivity index (χ3n) is 6.54. The van der Waals surface area contributed by atoms with Gasteiger partial charge in [-0.15, -0.1) is 0 Å². The molecule has 6 heteroatoms. The maximum Gasteiger partial charge on any atom is 0.224 e. The minimum absolute atomic E-state index is 0.000472. The first-order valence-corrected chi connectivity index (χ1v) is 10.4. The van der Waals surface area contributed by atoms with Crippen molar-refractivity contribution in [1.82, 2.24) is 14.5 Å². The summed E-state index contributed by atoms with van der Waals surface area (Å²) in [6.45, 7) is 6.66. The van der Waals surface area contributed by atoms with Crippen LogP contribution in [0.2, 0.25) is 0 Å². The number of nitrogens with zero attached hydrogens (tertiary/aromatic N) is 3. The average Bonchev–Trinajstić information content (AvgIpc) is 3.19. The molecule has 0 N–H and O–H groups in total. The lowest BCUT2D eigenvalue weighted by Gasteiger charge is -2.54. The van der Waals surface area contributed by atoms with Crippen molar-refractivity contribution in [2.24, 2.45) is 5.41 Å². The number of aryl methyl sites for hydroxylation is 2. The number of carbonyl (C=O) groups excluding carboxylic acids is 1. The molecule has 1 aromatic heterocycles. The van der Waals surface area contributed by atoms with Crippen molar-refractivity contribution in [3.63, 3.8) is 0 Å². The van der Waals surface area contributed by atoms with E-state index in [0.29, 0.717) is 19.6 Å². The number of imidazole rings is 1. The second kappa shape index (κ2) is 8.15. The maximum atomic E-state index is 13.2. The Kier molecular flexibility index (Phi) is 5.64. The fraction of sp³-hybridized carbons (Fsp3) is 0.714. The highest BCUT2D eigenvalue weighted by Gasteiger charge is 2.50. The third-order valence-corrected chi connectivity index (χ3v) is 6.54. The van der Waals surface area contributed by atoms with Crippen molar-refractivity contribution in [1.29, 1.82) is 0 Å². The van der Waals surface area contributed by atoms with E-state index in [-0.39, 0.29) is 17.4 Å². The summed E-state index contributed by atoms with van der Waals surface area (Å²) >= 11 is 0. The van der Waals surface area contributed by atoms with Crippen LogP contribution >= 0.6 is 0 Å². The van der Waals surface area contributed by atoms with Gasteiger partial charge in [0.15, 0.2) is 0 Å². The van der Waals surface area contributed by atoms with Gasteiger partial charge in [0.1, 0.15) is 5.82 Å². The number of piperidine rings is 1. The number of aromatic nitrogens is 2. The number of ether oxygens (including phenoxy) is 2. The fourth-order valence-corrected chi connectivity index (χ4v) is 5.20. The summed E-state index contributed by atoms with van der Waals surface area (Å²) in [6, 6.07) is 0.269. The van der Waals surface area contributed by atoms with E-state index in [4.69, 9.17) is 9.47 Å². The first-order chi connectivity index (χ1) is 13.2. The minimum Gasteiger partial charge on any atom is -0.380 e. The number of rotatable bonds is 5. The highest BCUT2D eigenvalue weighted by Crippen LogP contribution is 2.47. The van der Waals surface area contributed by atoms with Crippen molar-refractivity contribution in [3.05, 3.63) is 29.9 Å². The van der Waals surface area contributed by atoms with E-state index >= 15 is 0 Å². The van der Waals surface area contributed by atoms with Crippen LogP contribution in [-0.2, 0) is 27.2 Å². The van der Waals surface area contributed by atoms with Crippen LogP contribution in [0.1, 0.15) is 44.9 Å². The molecule has 0 aliphatic carbocycles. The molecule has 0 aromatic carbocycles. The van der Waals surface area contributed by atoms with Gasteiger partial charge in [-0.05, 0) is 25.7 Å². The van der Waals surface area contributed by atoms with E-state index in [1.54, 1.807) is 0 Å². The lowest BCUT2D eigenvalue weighted by molar-refractivity contribution is -0.147. The average molecular weight is 373 g/mol. The molecule has 148 valence electrons. The van der Waals surface area contributed by atoms with E-state index in [1.807, 2.05) is 12.4 Å². The fourth-order valence-electron chi connectivity index (χ4n) is 5.20. The predicted octanol–water partition coefficient (Wildman–Crippen LogP) is 2.58. The topological polar surface area (TPSA) is 56.6 Å². The zero-order chi connectivity index (χ0) is 18.7. The van der Waals surface area contributed by atoms with Crippen molar-refractivity contribution in [3.8, 4) is 0 Å². The summed E-state index contributed by atoms with van der Waals surface area (Å²) in [4.78, 5) is 19.7. The Morgan fingerprint density at radius 1 is 1.37 bits per heavy atom. The van der Waals surface area contributed by atoms with E-state index in [9.17, 15) is 4.79 Å². The van der Waals surface area contributed by atoms with Crippen LogP contribution in [0, 0.1) is 5.41 Å². The molecule has 2 saturated heterocycles. The minimum atomic E-state index is -0.000472. The number of amides is 1. The molecule has 4 rings (SSSR count). The molecule has 0 saturated carbocycles. The molecule has 2 fully saturated rings. The molecular weight excluding hydrogens is 342 g/mol. The Hall–Kier alpha value is -1.66. The van der Waals surface area contributed by atoms with Gasteiger partial charge < -0.3 is 18.9 Å². The molecule has 0 radical (unpaired) electrons. The molecular formula is C21H31N3O3. The zero-order valence-electron chi connectivity index (χ0n) is 16.4. The smallest absolute Gasteiger partial charge is 0.224 e. The number of hydrogen-bond donors (Lipinski definition) is 0. The Bertz CT molecular complexity index is 695. The summed E-state index contributed by atoms with van der Waals surface area (Å²) in [6.07, 6.45) is 11.6. The molecule has 0 spiro atoms. The van der Waals surface area contributed by atoms with Gasteiger partial charge in [0.05, 0.1) is 19.8 Å². The maximum absolute atomic E-state index is 13.2. The van der Waals surface area contributed by atoms with Gasteiger partial charge in [-0.3, -0.25) is 4.79 Å². The number of fused-ring (bicyclic) bond motifs is 1. The highest BCUT2D eigenvalue weighted by atomic mass is 16.5. The molecule has 0 unspecified atom stereocenters. The Balaban J connectivity index is 1.50. The Morgan fingerprint density at radius 2 is 2.30 bits per heavy atom. The Labute approximate surface area is 161 Å². The van der Waals surface area contributed by atoms with E-state index < -0.39 is 0 Å². The summed E-state index contributed by atoms with van der Waals surface area (Å²) in [5, 5.41) is 0. The number of carbonyl (C=O) groups is 1. The van der Waals surface area contributed by atoms with E-state index in [0.717, 1.165) is 64.3 Å². The normalized spacial score (nSPS) is 28.6. The molecule has 1 amide bonds. The summed E-state index contributed by atoms with van der Waals surface area (Å²) in [7, 11) is 0. The van der Waals surface area contributed by atoms with Crippen LogP contribution < -0.4 is 0 Å². The van der Waals surface area contributed by atoms with Crippen LogP contribution in [0.3, 0.4) is 0 Å². The standard InChI is InChI=1S/C21H31N3O3/c1-2-19-22-9-12-23(19)11-4-20(25)24-10-3-8-21(16-27-15-7-18(21)24)17-5-13-26-14-6-17/h5,9,12,18H,2-4,6-8,10-11,13-16H2,1H3/t18-,21-/m0/s1. The molecule has 27 heavy (non-hydrogen) atoms. The molecule has 3 aliphatic heterocycles.